The van der Waals surface area contributed by atoms with Gasteiger partial charge in [0.15, 0.2) is 0 Å². The van der Waals surface area contributed by atoms with E-state index in [1.165, 1.54) is 6.08 Å². The molecule has 0 aliphatic rings. The van der Waals surface area contributed by atoms with Gasteiger partial charge in [-0.05, 0) is 68.7 Å². The van der Waals surface area contributed by atoms with Crippen molar-refractivity contribution in [3.05, 3.63) is 70.5 Å². The summed E-state index contributed by atoms with van der Waals surface area (Å²) in [6, 6.07) is 12.1. The Morgan fingerprint density at radius 2 is 1.97 bits per heavy atom. The molecule has 1 N–H and O–H groups in total. The highest BCUT2D eigenvalue weighted by Gasteiger charge is 2.11. The van der Waals surface area contributed by atoms with E-state index in [9.17, 15) is 4.79 Å². The molecule has 0 aliphatic carbocycles. The Morgan fingerprint density at radius 1 is 1.23 bits per heavy atom. The van der Waals surface area contributed by atoms with Gasteiger partial charge in [-0.15, -0.1) is 0 Å². The molecule has 0 unspecified atom stereocenters. The van der Waals surface area contributed by atoms with Gasteiger partial charge in [0.2, 0.25) is 5.91 Å². The minimum atomic E-state index is -0.0814. The zero-order chi connectivity index (χ0) is 21.5. The lowest BCUT2D eigenvalue weighted by Gasteiger charge is -2.12. The molecule has 1 amide bonds. The van der Waals surface area contributed by atoms with Crippen molar-refractivity contribution in [2.75, 3.05) is 13.2 Å². The molecule has 0 atom stereocenters. The smallest absolute Gasteiger partial charge is 0.243 e. The molecule has 0 spiro atoms. The SMILES string of the molecule is C/C=C/C(=O)NCCc1nc2ccccc2n1CCCOc1cc(C)c(Cl)c(C)c1. The van der Waals surface area contributed by atoms with Crippen molar-refractivity contribution in [1.82, 2.24) is 14.9 Å². The van der Waals surface area contributed by atoms with Crippen LogP contribution in [-0.4, -0.2) is 28.6 Å². The Morgan fingerprint density at radius 3 is 2.70 bits per heavy atom. The number of aromatic nitrogens is 2. The Labute approximate surface area is 182 Å². The minimum Gasteiger partial charge on any atom is -0.494 e. The molecule has 5 nitrogen and oxygen atoms in total. The second-order valence-electron chi connectivity index (χ2n) is 7.28. The number of para-hydroxylation sites is 2. The van der Waals surface area contributed by atoms with Gasteiger partial charge in [-0.3, -0.25) is 4.79 Å². The Hall–Kier alpha value is -2.79. The van der Waals surface area contributed by atoms with Crippen LogP contribution in [0.3, 0.4) is 0 Å². The number of amides is 1. The molecule has 3 rings (SSSR count). The molecule has 1 heterocycles. The van der Waals surface area contributed by atoms with Gasteiger partial charge in [0.25, 0.3) is 0 Å². The number of ether oxygens (including phenoxy) is 1. The Bertz CT molecular complexity index is 1030. The summed E-state index contributed by atoms with van der Waals surface area (Å²) < 4.78 is 8.18. The summed E-state index contributed by atoms with van der Waals surface area (Å²) >= 11 is 6.23. The predicted molar refractivity (Wildman–Crippen MR) is 122 cm³/mol. The van der Waals surface area contributed by atoms with Crippen LogP contribution in [0.15, 0.2) is 48.6 Å². The molecule has 1 aromatic heterocycles. The number of imidazole rings is 1. The standard InChI is InChI=1S/C24H28ClN3O2/c1-4-8-23(29)26-12-11-22-27-20-9-5-6-10-21(20)28(22)13-7-14-30-19-15-17(2)24(25)18(3)16-19/h4-6,8-10,15-16H,7,11-14H2,1-3H3,(H,26,29)/b8-4+. The monoisotopic (exact) mass is 425 g/mol. The third-order valence-corrected chi connectivity index (χ3v) is 5.50. The molecule has 0 aliphatic heterocycles. The molecule has 0 fully saturated rings. The summed E-state index contributed by atoms with van der Waals surface area (Å²) in [5, 5.41) is 3.68. The van der Waals surface area contributed by atoms with Crippen molar-refractivity contribution in [3.63, 3.8) is 0 Å². The van der Waals surface area contributed by atoms with Crippen LogP contribution in [0.25, 0.3) is 11.0 Å². The highest BCUT2D eigenvalue weighted by Crippen LogP contribution is 2.26. The molecule has 0 bridgehead atoms. The maximum Gasteiger partial charge on any atom is 0.243 e. The number of carbonyl (C=O) groups excluding carboxylic acids is 1. The summed E-state index contributed by atoms with van der Waals surface area (Å²) in [6.07, 6.45) is 4.78. The fourth-order valence-electron chi connectivity index (χ4n) is 3.48. The average molecular weight is 426 g/mol. The summed E-state index contributed by atoms with van der Waals surface area (Å²) in [6.45, 7) is 7.75. The summed E-state index contributed by atoms with van der Waals surface area (Å²) in [7, 11) is 0. The van der Waals surface area contributed by atoms with E-state index in [2.05, 4.69) is 16.0 Å². The van der Waals surface area contributed by atoms with Crippen molar-refractivity contribution in [2.24, 2.45) is 0 Å². The minimum absolute atomic E-state index is 0.0814. The topological polar surface area (TPSA) is 56.2 Å². The Balaban J connectivity index is 1.63. The number of hydrogen-bond donors (Lipinski definition) is 1. The number of benzene rings is 2. The fourth-order valence-corrected chi connectivity index (χ4v) is 3.58. The molecule has 30 heavy (non-hydrogen) atoms. The van der Waals surface area contributed by atoms with Gasteiger partial charge < -0.3 is 14.6 Å². The average Bonchev–Trinajstić information content (AvgIpc) is 3.07. The number of allylic oxidation sites excluding steroid dienone is 1. The van der Waals surface area contributed by atoms with Crippen LogP contribution in [0, 0.1) is 13.8 Å². The number of rotatable bonds is 9. The van der Waals surface area contributed by atoms with Gasteiger partial charge in [0, 0.05) is 24.5 Å². The quantitative estimate of drug-likeness (QED) is 0.387. The van der Waals surface area contributed by atoms with E-state index in [4.69, 9.17) is 21.3 Å². The number of aryl methyl sites for hydroxylation is 3. The van der Waals surface area contributed by atoms with Crippen molar-refractivity contribution in [1.29, 1.82) is 0 Å². The van der Waals surface area contributed by atoms with E-state index in [1.807, 2.05) is 51.1 Å². The lowest BCUT2D eigenvalue weighted by molar-refractivity contribution is -0.116. The maximum absolute atomic E-state index is 11.7. The zero-order valence-corrected chi connectivity index (χ0v) is 18.5. The van der Waals surface area contributed by atoms with E-state index in [0.29, 0.717) is 19.6 Å². The molecule has 3 aromatic rings. The van der Waals surface area contributed by atoms with Crippen LogP contribution >= 0.6 is 11.6 Å². The first-order chi connectivity index (χ1) is 14.5. The molecule has 2 aromatic carbocycles. The summed E-state index contributed by atoms with van der Waals surface area (Å²) in [4.78, 5) is 16.4. The molecule has 158 valence electrons. The highest BCUT2D eigenvalue weighted by molar-refractivity contribution is 6.32. The molecule has 0 saturated carbocycles. The lowest BCUT2D eigenvalue weighted by atomic mass is 10.1. The number of nitrogens with zero attached hydrogens (tertiary/aromatic N) is 2. The van der Waals surface area contributed by atoms with Crippen molar-refractivity contribution in [3.8, 4) is 5.75 Å². The normalized spacial score (nSPS) is 11.3. The highest BCUT2D eigenvalue weighted by atomic mass is 35.5. The largest absolute Gasteiger partial charge is 0.494 e. The number of nitrogens with one attached hydrogen (secondary N) is 1. The maximum atomic E-state index is 11.7. The van der Waals surface area contributed by atoms with E-state index in [0.717, 1.165) is 51.7 Å². The number of hydrogen-bond acceptors (Lipinski definition) is 3. The summed E-state index contributed by atoms with van der Waals surface area (Å²) in [5.41, 5.74) is 4.12. The van der Waals surface area contributed by atoms with Gasteiger partial charge in [-0.2, -0.15) is 0 Å². The lowest BCUT2D eigenvalue weighted by Crippen LogP contribution is -2.24. The number of halogens is 1. The van der Waals surface area contributed by atoms with E-state index >= 15 is 0 Å². The molecule has 6 heteroatoms. The van der Waals surface area contributed by atoms with E-state index in [1.54, 1.807) is 6.08 Å². The van der Waals surface area contributed by atoms with E-state index < -0.39 is 0 Å². The number of carbonyl (C=O) groups is 1. The first kappa shape index (κ1) is 21.9. The Kier molecular flexibility index (Phi) is 7.52. The van der Waals surface area contributed by atoms with Crippen LogP contribution in [0.5, 0.6) is 5.75 Å². The number of fused-ring (bicyclic) bond motifs is 1. The van der Waals surface area contributed by atoms with Gasteiger partial charge >= 0.3 is 0 Å². The molecular weight excluding hydrogens is 398 g/mol. The third kappa shape index (κ3) is 5.42. The zero-order valence-electron chi connectivity index (χ0n) is 17.7. The third-order valence-electron chi connectivity index (χ3n) is 4.90. The first-order valence-corrected chi connectivity index (χ1v) is 10.6. The van der Waals surface area contributed by atoms with Crippen LogP contribution < -0.4 is 10.1 Å². The van der Waals surface area contributed by atoms with Gasteiger partial charge in [-0.25, -0.2) is 4.98 Å². The second kappa shape index (κ2) is 10.3. The van der Waals surface area contributed by atoms with Crippen LogP contribution in [0.4, 0.5) is 0 Å². The van der Waals surface area contributed by atoms with E-state index in [-0.39, 0.29) is 5.91 Å². The fraction of sp³-hybridized carbons (Fsp3) is 0.333. The van der Waals surface area contributed by atoms with Crippen LogP contribution in [0.2, 0.25) is 5.02 Å². The van der Waals surface area contributed by atoms with Gasteiger partial charge in [0.1, 0.15) is 11.6 Å². The molecule has 0 radical (unpaired) electrons. The van der Waals surface area contributed by atoms with Crippen LogP contribution in [0.1, 0.15) is 30.3 Å². The first-order valence-electron chi connectivity index (χ1n) is 10.2. The molecular formula is C24H28ClN3O2. The molecule has 0 saturated heterocycles. The summed E-state index contributed by atoms with van der Waals surface area (Å²) in [5.74, 6) is 1.73. The van der Waals surface area contributed by atoms with Crippen molar-refractivity contribution in [2.45, 2.75) is 40.2 Å². The van der Waals surface area contributed by atoms with Gasteiger partial charge in [-0.1, -0.05) is 29.8 Å². The van der Waals surface area contributed by atoms with Crippen LogP contribution in [-0.2, 0) is 17.8 Å². The van der Waals surface area contributed by atoms with Crippen molar-refractivity contribution >= 4 is 28.5 Å². The van der Waals surface area contributed by atoms with Gasteiger partial charge in [0.05, 0.1) is 17.6 Å². The predicted octanol–water partition coefficient (Wildman–Crippen LogP) is 5.01. The van der Waals surface area contributed by atoms with Crippen molar-refractivity contribution < 1.29 is 9.53 Å². The second-order valence-corrected chi connectivity index (χ2v) is 7.66.